The van der Waals surface area contributed by atoms with Crippen molar-refractivity contribution in [3.05, 3.63) is 40.6 Å². The van der Waals surface area contributed by atoms with E-state index >= 15 is 0 Å². The average molecular weight is 311 g/mol. The minimum atomic E-state index is -3.72. The quantitative estimate of drug-likeness (QED) is 0.736. The maximum absolute atomic E-state index is 11.2. The summed E-state index contributed by atoms with van der Waals surface area (Å²) in [6, 6.07) is 8.75. The van der Waals surface area contributed by atoms with Gasteiger partial charge < -0.3 is 11.1 Å². The van der Waals surface area contributed by atoms with Crippen molar-refractivity contribution in [3.63, 3.8) is 0 Å². The zero-order chi connectivity index (χ0) is 14.8. The Morgan fingerprint density at radius 2 is 2.10 bits per heavy atom. The van der Waals surface area contributed by atoms with Crippen LogP contribution < -0.4 is 16.2 Å². The standard InChI is InChI=1S/C13H17N3O2S2/c1-9(7-10-3-2-6-19-10)16-13-5-4-11(8-12(13)14)20(15,17)18/h2-6,8-9,16H,7,14H2,1H3,(H2,15,17,18). The Bertz CT molecular complexity index is 682. The maximum Gasteiger partial charge on any atom is 0.238 e. The molecule has 2 rings (SSSR count). The molecule has 0 aliphatic heterocycles. The molecule has 0 fully saturated rings. The van der Waals surface area contributed by atoms with Gasteiger partial charge in [-0.1, -0.05) is 6.07 Å². The Morgan fingerprint density at radius 3 is 2.65 bits per heavy atom. The van der Waals surface area contributed by atoms with Gasteiger partial charge in [0.1, 0.15) is 0 Å². The van der Waals surface area contributed by atoms with Gasteiger partial charge in [-0.25, -0.2) is 13.6 Å². The summed E-state index contributed by atoms with van der Waals surface area (Å²) in [6.07, 6.45) is 0.883. The molecule has 1 atom stereocenters. The van der Waals surface area contributed by atoms with Gasteiger partial charge in [0.05, 0.1) is 16.3 Å². The number of nitrogen functional groups attached to an aromatic ring is 1. The Balaban J connectivity index is 2.10. The molecule has 1 unspecified atom stereocenters. The molecule has 2 aromatic rings. The maximum atomic E-state index is 11.2. The average Bonchev–Trinajstić information content (AvgIpc) is 2.83. The van der Waals surface area contributed by atoms with Gasteiger partial charge in [-0.3, -0.25) is 0 Å². The topological polar surface area (TPSA) is 98.2 Å². The van der Waals surface area contributed by atoms with Crippen molar-refractivity contribution in [3.8, 4) is 0 Å². The van der Waals surface area contributed by atoms with E-state index in [9.17, 15) is 8.42 Å². The lowest BCUT2D eigenvalue weighted by atomic mass is 10.2. The molecule has 108 valence electrons. The number of primary sulfonamides is 1. The zero-order valence-electron chi connectivity index (χ0n) is 11.0. The normalized spacial score (nSPS) is 13.1. The summed E-state index contributed by atoms with van der Waals surface area (Å²) in [5, 5.41) is 10.4. The first-order valence-electron chi connectivity index (χ1n) is 6.07. The lowest BCUT2D eigenvalue weighted by molar-refractivity contribution is 0.598. The van der Waals surface area contributed by atoms with E-state index in [1.54, 1.807) is 17.4 Å². The highest BCUT2D eigenvalue weighted by molar-refractivity contribution is 7.89. The molecule has 0 spiro atoms. The molecule has 0 radical (unpaired) electrons. The number of rotatable bonds is 5. The first kappa shape index (κ1) is 14.8. The lowest BCUT2D eigenvalue weighted by Crippen LogP contribution is -2.19. The van der Waals surface area contributed by atoms with E-state index in [1.807, 2.05) is 18.4 Å². The summed E-state index contributed by atoms with van der Waals surface area (Å²) >= 11 is 1.70. The minimum absolute atomic E-state index is 0.0199. The summed E-state index contributed by atoms with van der Waals surface area (Å²) in [5.74, 6) is 0. The highest BCUT2D eigenvalue weighted by atomic mass is 32.2. The summed E-state index contributed by atoms with van der Waals surface area (Å²) in [5.41, 5.74) is 6.94. The monoisotopic (exact) mass is 311 g/mol. The molecule has 5 nitrogen and oxygen atoms in total. The van der Waals surface area contributed by atoms with E-state index in [4.69, 9.17) is 10.9 Å². The second-order valence-corrected chi connectivity index (χ2v) is 7.22. The second kappa shape index (κ2) is 5.82. The van der Waals surface area contributed by atoms with Crippen molar-refractivity contribution in [2.24, 2.45) is 5.14 Å². The molecule has 7 heteroatoms. The number of nitrogens with one attached hydrogen (secondary N) is 1. The molecule has 0 aliphatic rings. The summed E-state index contributed by atoms with van der Waals surface area (Å²) in [6.45, 7) is 2.05. The lowest BCUT2D eigenvalue weighted by Gasteiger charge is -2.16. The highest BCUT2D eigenvalue weighted by Gasteiger charge is 2.11. The predicted molar refractivity (Wildman–Crippen MR) is 83.3 cm³/mol. The molecule has 1 heterocycles. The third-order valence-corrected chi connectivity index (χ3v) is 4.65. The molecule has 0 aliphatic carbocycles. The second-order valence-electron chi connectivity index (χ2n) is 4.62. The fraction of sp³-hybridized carbons (Fsp3) is 0.231. The van der Waals surface area contributed by atoms with Gasteiger partial charge in [-0.2, -0.15) is 0 Å². The van der Waals surface area contributed by atoms with Crippen molar-refractivity contribution < 1.29 is 8.42 Å². The number of thiophene rings is 1. The Morgan fingerprint density at radius 1 is 1.35 bits per heavy atom. The van der Waals surface area contributed by atoms with E-state index in [1.165, 1.54) is 17.0 Å². The van der Waals surface area contributed by atoms with Gasteiger partial charge in [-0.15, -0.1) is 11.3 Å². The fourth-order valence-corrected chi connectivity index (χ4v) is 3.28. The van der Waals surface area contributed by atoms with Crippen molar-refractivity contribution in [1.82, 2.24) is 0 Å². The SMILES string of the molecule is CC(Cc1cccs1)Nc1ccc(S(N)(=O)=O)cc1N. The zero-order valence-corrected chi connectivity index (χ0v) is 12.7. The van der Waals surface area contributed by atoms with Crippen LogP contribution in [0.25, 0.3) is 0 Å². The van der Waals surface area contributed by atoms with Crippen LogP contribution in [0.4, 0.5) is 11.4 Å². The minimum Gasteiger partial charge on any atom is -0.397 e. The number of hydrogen-bond acceptors (Lipinski definition) is 5. The molecule has 0 saturated heterocycles. The summed E-state index contributed by atoms with van der Waals surface area (Å²) in [4.78, 5) is 1.30. The first-order valence-corrected chi connectivity index (χ1v) is 8.50. The molecule has 1 aromatic carbocycles. The van der Waals surface area contributed by atoms with Crippen LogP contribution in [0.5, 0.6) is 0 Å². The Kier molecular flexibility index (Phi) is 4.32. The Hall–Kier alpha value is -1.57. The van der Waals surface area contributed by atoms with Crippen LogP contribution in [0.2, 0.25) is 0 Å². The van der Waals surface area contributed by atoms with Gasteiger partial charge in [0.25, 0.3) is 0 Å². The number of hydrogen-bond donors (Lipinski definition) is 3. The third kappa shape index (κ3) is 3.72. The van der Waals surface area contributed by atoms with E-state index in [0.29, 0.717) is 11.4 Å². The van der Waals surface area contributed by atoms with E-state index < -0.39 is 10.0 Å². The fourth-order valence-electron chi connectivity index (χ4n) is 1.90. The molecule has 0 saturated carbocycles. The van der Waals surface area contributed by atoms with E-state index in [-0.39, 0.29) is 10.9 Å². The van der Waals surface area contributed by atoms with Crippen molar-refractivity contribution in [2.45, 2.75) is 24.3 Å². The van der Waals surface area contributed by atoms with Crippen LogP contribution in [0, 0.1) is 0 Å². The molecule has 0 bridgehead atoms. The number of sulfonamides is 1. The highest BCUT2D eigenvalue weighted by Crippen LogP contribution is 2.23. The van der Waals surface area contributed by atoms with Gasteiger partial charge >= 0.3 is 0 Å². The molecule has 20 heavy (non-hydrogen) atoms. The van der Waals surface area contributed by atoms with Crippen LogP contribution in [0.3, 0.4) is 0 Å². The molecule has 1 aromatic heterocycles. The smallest absolute Gasteiger partial charge is 0.238 e. The molecule has 5 N–H and O–H groups in total. The van der Waals surface area contributed by atoms with Crippen molar-refractivity contribution in [1.29, 1.82) is 0 Å². The summed E-state index contributed by atoms with van der Waals surface area (Å²) in [7, 11) is -3.72. The van der Waals surface area contributed by atoms with Gasteiger partial charge in [0.2, 0.25) is 10.0 Å². The van der Waals surface area contributed by atoms with Crippen LogP contribution in [-0.2, 0) is 16.4 Å². The number of nitrogens with two attached hydrogens (primary N) is 2. The first-order chi connectivity index (χ1) is 9.36. The van der Waals surface area contributed by atoms with Crippen molar-refractivity contribution >= 4 is 32.7 Å². The van der Waals surface area contributed by atoms with Crippen LogP contribution >= 0.6 is 11.3 Å². The van der Waals surface area contributed by atoms with Crippen LogP contribution in [0.1, 0.15) is 11.8 Å². The number of benzene rings is 1. The predicted octanol–water partition coefficient (Wildman–Crippen LogP) is 2.02. The molecule has 0 amide bonds. The van der Waals surface area contributed by atoms with E-state index in [0.717, 1.165) is 6.42 Å². The summed E-state index contributed by atoms with van der Waals surface area (Å²) < 4.78 is 22.5. The molecular weight excluding hydrogens is 294 g/mol. The van der Waals surface area contributed by atoms with Crippen LogP contribution in [-0.4, -0.2) is 14.5 Å². The van der Waals surface area contributed by atoms with Gasteiger partial charge in [-0.05, 0) is 36.6 Å². The van der Waals surface area contributed by atoms with Gasteiger partial charge in [0.15, 0.2) is 0 Å². The Labute approximate surface area is 122 Å². The van der Waals surface area contributed by atoms with Crippen LogP contribution in [0.15, 0.2) is 40.6 Å². The molecular formula is C13H17N3O2S2. The van der Waals surface area contributed by atoms with Gasteiger partial charge in [0, 0.05) is 17.3 Å². The van der Waals surface area contributed by atoms with Crippen molar-refractivity contribution in [2.75, 3.05) is 11.1 Å². The number of anilines is 2. The third-order valence-electron chi connectivity index (χ3n) is 2.84. The van der Waals surface area contributed by atoms with E-state index in [2.05, 4.69) is 11.4 Å². The largest absolute Gasteiger partial charge is 0.397 e.